The van der Waals surface area contributed by atoms with Gasteiger partial charge in [0.2, 0.25) is 0 Å². The van der Waals surface area contributed by atoms with Crippen LogP contribution < -0.4 is 29.5 Å². The molecule has 5 aromatic rings. The average molecular weight is 674 g/mol. The number of benzene rings is 5. The first-order valence-corrected chi connectivity index (χ1v) is 18.9. The van der Waals surface area contributed by atoms with Crippen LogP contribution in [-0.4, -0.2) is 42.6 Å². The van der Waals surface area contributed by atoms with Gasteiger partial charge in [0.1, 0.15) is 12.4 Å². The minimum absolute atomic E-state index is 0.137. The van der Waals surface area contributed by atoms with E-state index in [-0.39, 0.29) is 11.6 Å². The van der Waals surface area contributed by atoms with Gasteiger partial charge >= 0.3 is 14.4 Å². The highest BCUT2D eigenvalue weighted by molar-refractivity contribution is 7.99. The molecular formula is C40H43N3O3SSi. The fourth-order valence-electron chi connectivity index (χ4n) is 6.23. The third-order valence-corrected chi connectivity index (χ3v) is 14.8. The molecule has 0 radical (unpaired) electrons. The molecule has 0 aliphatic carbocycles. The SMILES string of the molecule is CN(C)c1ccc2c(c1)Sc1cc(N(C)C)ccc1N2C(=O)OCc1ccc(O[Si](c2ccccc2)(c2ccccc2)C(C)(C)C)cc1. The molecule has 246 valence electrons. The standard InChI is InChI=1S/C40H43N3O3SSi/c1-40(2,3)48(33-14-10-8-11-15-33,34-16-12-9-13-17-34)46-32-22-18-29(19-23-32)28-45-39(44)43-35-24-20-30(41(4)5)26-37(35)47-38-27-31(42(6)7)21-25-36(38)43/h8-27H,28H2,1-7H3. The van der Waals surface area contributed by atoms with Gasteiger partial charge in [-0.3, -0.25) is 0 Å². The fourth-order valence-corrected chi connectivity index (χ4v) is 11.8. The maximum atomic E-state index is 13.9. The van der Waals surface area contributed by atoms with E-state index in [0.29, 0.717) is 0 Å². The molecule has 0 fully saturated rings. The van der Waals surface area contributed by atoms with Crippen molar-refractivity contribution >= 4 is 59.3 Å². The molecular weight excluding hydrogens is 631 g/mol. The lowest BCUT2D eigenvalue weighted by Gasteiger charge is -2.43. The fraction of sp³-hybridized carbons (Fsp3) is 0.225. The highest BCUT2D eigenvalue weighted by Gasteiger charge is 2.52. The highest BCUT2D eigenvalue weighted by Crippen LogP contribution is 2.50. The van der Waals surface area contributed by atoms with E-state index >= 15 is 0 Å². The first kappa shape index (κ1) is 33.2. The van der Waals surface area contributed by atoms with Crippen molar-refractivity contribution in [3.8, 4) is 5.75 Å². The Morgan fingerprint density at radius 1 is 0.688 bits per heavy atom. The van der Waals surface area contributed by atoms with E-state index < -0.39 is 14.4 Å². The van der Waals surface area contributed by atoms with Crippen LogP contribution in [0.3, 0.4) is 0 Å². The van der Waals surface area contributed by atoms with Crippen molar-refractivity contribution in [1.29, 1.82) is 0 Å². The highest BCUT2D eigenvalue weighted by atomic mass is 32.2. The molecule has 0 unspecified atom stereocenters. The van der Waals surface area contributed by atoms with Crippen LogP contribution in [0.2, 0.25) is 5.04 Å². The first-order chi connectivity index (χ1) is 23.0. The van der Waals surface area contributed by atoms with Gasteiger partial charge in [-0.05, 0) is 69.5 Å². The number of carbonyl (C=O) groups is 1. The molecule has 0 saturated carbocycles. The molecule has 0 N–H and O–H groups in total. The third kappa shape index (κ3) is 6.42. The molecule has 8 heteroatoms. The number of amides is 1. The lowest BCUT2D eigenvalue weighted by molar-refractivity contribution is 0.149. The van der Waals surface area contributed by atoms with Crippen molar-refractivity contribution in [3.05, 3.63) is 127 Å². The maximum Gasteiger partial charge on any atom is 0.419 e. The lowest BCUT2D eigenvalue weighted by Crippen LogP contribution is -2.68. The van der Waals surface area contributed by atoms with Gasteiger partial charge in [-0.25, -0.2) is 9.69 Å². The van der Waals surface area contributed by atoms with Crippen LogP contribution in [0.5, 0.6) is 5.75 Å². The second-order valence-electron chi connectivity index (χ2n) is 13.5. The van der Waals surface area contributed by atoms with Crippen LogP contribution in [0.15, 0.2) is 131 Å². The van der Waals surface area contributed by atoms with E-state index in [0.717, 1.165) is 43.9 Å². The van der Waals surface area contributed by atoms with E-state index in [2.05, 4.69) is 91.2 Å². The van der Waals surface area contributed by atoms with Gasteiger partial charge in [0.25, 0.3) is 0 Å². The second-order valence-corrected chi connectivity index (χ2v) is 18.8. The van der Waals surface area contributed by atoms with Gasteiger partial charge in [-0.1, -0.05) is 105 Å². The Bertz CT molecular complexity index is 1790. The molecule has 6 nitrogen and oxygen atoms in total. The molecule has 0 atom stereocenters. The summed E-state index contributed by atoms with van der Waals surface area (Å²) in [5, 5.41) is 2.29. The molecule has 1 aliphatic heterocycles. The summed E-state index contributed by atoms with van der Waals surface area (Å²) in [5.74, 6) is 0.795. The molecule has 1 amide bonds. The predicted molar refractivity (Wildman–Crippen MR) is 203 cm³/mol. The molecule has 0 bridgehead atoms. The van der Waals surface area contributed by atoms with Crippen LogP contribution in [-0.2, 0) is 11.3 Å². The monoisotopic (exact) mass is 673 g/mol. The molecule has 1 aliphatic rings. The largest absolute Gasteiger partial charge is 0.534 e. The Morgan fingerprint density at radius 2 is 1.17 bits per heavy atom. The molecule has 0 spiro atoms. The van der Waals surface area contributed by atoms with Gasteiger partial charge in [0, 0.05) is 49.4 Å². The molecule has 5 aromatic carbocycles. The number of nitrogens with zero attached hydrogens (tertiary/aromatic N) is 3. The van der Waals surface area contributed by atoms with Crippen LogP contribution in [0.4, 0.5) is 27.5 Å². The van der Waals surface area contributed by atoms with Crippen molar-refractivity contribution in [2.75, 3.05) is 42.9 Å². The Kier molecular flexibility index (Phi) is 9.32. The summed E-state index contributed by atoms with van der Waals surface area (Å²) in [4.78, 5) is 21.7. The van der Waals surface area contributed by atoms with E-state index in [9.17, 15) is 4.79 Å². The summed E-state index contributed by atoms with van der Waals surface area (Å²) in [7, 11) is 5.32. The normalized spacial score (nSPS) is 12.5. The quantitative estimate of drug-likeness (QED) is 0.154. The van der Waals surface area contributed by atoms with Gasteiger partial charge < -0.3 is 19.0 Å². The number of rotatable bonds is 8. The minimum Gasteiger partial charge on any atom is -0.534 e. The Balaban J connectivity index is 1.26. The summed E-state index contributed by atoms with van der Waals surface area (Å²) >= 11 is 1.67. The van der Waals surface area contributed by atoms with E-state index in [4.69, 9.17) is 9.16 Å². The summed E-state index contributed by atoms with van der Waals surface area (Å²) < 4.78 is 13.2. The maximum absolute atomic E-state index is 13.9. The zero-order valence-corrected chi connectivity index (χ0v) is 30.5. The van der Waals surface area contributed by atoms with Crippen molar-refractivity contribution in [2.45, 2.75) is 42.2 Å². The Labute approximate surface area is 290 Å². The Morgan fingerprint density at radius 3 is 1.60 bits per heavy atom. The smallest absolute Gasteiger partial charge is 0.419 e. The van der Waals surface area contributed by atoms with Gasteiger partial charge in [0.15, 0.2) is 0 Å². The molecule has 0 aromatic heterocycles. The zero-order valence-electron chi connectivity index (χ0n) is 28.7. The summed E-state index contributed by atoms with van der Waals surface area (Å²) in [6.45, 7) is 6.94. The van der Waals surface area contributed by atoms with Gasteiger partial charge in [0.05, 0.1) is 11.4 Å². The number of hydrogen-bond acceptors (Lipinski definition) is 6. The summed E-state index contributed by atoms with van der Waals surface area (Å²) in [5.41, 5.74) is 4.66. The number of fused-ring (bicyclic) bond motifs is 2. The van der Waals surface area contributed by atoms with Crippen molar-refractivity contribution in [3.63, 3.8) is 0 Å². The van der Waals surface area contributed by atoms with Crippen LogP contribution >= 0.6 is 11.8 Å². The van der Waals surface area contributed by atoms with E-state index in [1.807, 2.05) is 88.9 Å². The third-order valence-electron chi connectivity index (χ3n) is 8.78. The predicted octanol–water partition coefficient (Wildman–Crippen LogP) is 8.70. The van der Waals surface area contributed by atoms with Crippen molar-refractivity contribution in [1.82, 2.24) is 0 Å². The van der Waals surface area contributed by atoms with Crippen LogP contribution in [0, 0.1) is 0 Å². The van der Waals surface area contributed by atoms with Crippen LogP contribution in [0.25, 0.3) is 0 Å². The summed E-state index contributed by atoms with van der Waals surface area (Å²) in [6.07, 6.45) is -0.416. The Hall–Kier alpha value is -4.66. The summed E-state index contributed by atoms with van der Waals surface area (Å²) in [6, 6.07) is 41.5. The van der Waals surface area contributed by atoms with Crippen LogP contribution in [0.1, 0.15) is 26.3 Å². The van der Waals surface area contributed by atoms with E-state index in [1.54, 1.807) is 16.7 Å². The van der Waals surface area contributed by atoms with Gasteiger partial charge in [-0.15, -0.1) is 0 Å². The zero-order chi connectivity index (χ0) is 34.1. The topological polar surface area (TPSA) is 45.2 Å². The van der Waals surface area contributed by atoms with Crippen molar-refractivity contribution in [2.24, 2.45) is 0 Å². The first-order valence-electron chi connectivity index (χ1n) is 16.1. The number of hydrogen-bond donors (Lipinski definition) is 0. The second kappa shape index (κ2) is 13.5. The van der Waals surface area contributed by atoms with E-state index in [1.165, 1.54) is 10.4 Å². The number of anilines is 4. The average Bonchev–Trinajstić information content (AvgIpc) is 3.08. The number of ether oxygens (including phenoxy) is 1. The molecule has 0 saturated heterocycles. The van der Waals surface area contributed by atoms with Crippen molar-refractivity contribution < 1.29 is 14.0 Å². The van der Waals surface area contributed by atoms with Gasteiger partial charge in [-0.2, -0.15) is 0 Å². The number of carbonyl (C=O) groups excluding carboxylic acids is 1. The lowest BCUT2D eigenvalue weighted by atomic mass is 10.2. The molecule has 1 heterocycles. The molecule has 48 heavy (non-hydrogen) atoms. The molecule has 6 rings (SSSR count). The minimum atomic E-state index is -2.76.